The fourth-order valence-electron chi connectivity index (χ4n) is 1.08. The van der Waals surface area contributed by atoms with Crippen LogP contribution >= 0.6 is 0 Å². The molecule has 5 heteroatoms. The number of hydrogen-bond acceptors (Lipinski definition) is 4. The number of hydrazine groups is 1. The van der Waals surface area contributed by atoms with Crippen LogP contribution in [0.15, 0.2) is 30.3 Å². The van der Waals surface area contributed by atoms with Gasteiger partial charge in [0.2, 0.25) is 0 Å². The molecule has 82 valence electrons. The third kappa shape index (κ3) is 4.07. The molecule has 15 heavy (non-hydrogen) atoms. The van der Waals surface area contributed by atoms with E-state index in [2.05, 4.69) is 17.0 Å². The smallest absolute Gasteiger partial charge is 0.251 e. The topological polar surface area (TPSA) is 93.7 Å². The molecular formula is C10H15N3O2. The summed E-state index contributed by atoms with van der Waals surface area (Å²) in [6.07, 6.45) is 0.243. The number of ether oxygens (including phenoxy) is 1. The first-order valence-corrected chi connectivity index (χ1v) is 4.64. The molecule has 1 aliphatic rings. The number of hydrogen-bond donors (Lipinski definition) is 3. The Kier molecular flexibility index (Phi) is 4.76. The lowest BCUT2D eigenvalue weighted by atomic mass is 10.2. The Bertz CT molecular complexity index is 299. The van der Waals surface area contributed by atoms with E-state index in [9.17, 15) is 4.79 Å². The van der Waals surface area contributed by atoms with Crippen LogP contribution in [0.25, 0.3) is 0 Å². The van der Waals surface area contributed by atoms with Gasteiger partial charge >= 0.3 is 0 Å². The molecule has 0 radical (unpaired) electrons. The predicted molar refractivity (Wildman–Crippen MR) is 56.9 cm³/mol. The van der Waals surface area contributed by atoms with E-state index in [0.29, 0.717) is 12.1 Å². The largest absolute Gasteiger partial charge is 0.371 e. The first-order chi connectivity index (χ1) is 7.36. The van der Waals surface area contributed by atoms with E-state index in [1.165, 1.54) is 0 Å². The van der Waals surface area contributed by atoms with E-state index in [1.54, 1.807) is 12.1 Å². The van der Waals surface area contributed by atoms with E-state index in [1.807, 2.05) is 18.2 Å². The highest BCUT2D eigenvalue weighted by molar-refractivity contribution is 5.94. The fraction of sp³-hybridized carbons (Fsp3) is 0.300. The Hall–Kier alpha value is -1.43. The maximum Gasteiger partial charge on any atom is 0.251 e. The zero-order valence-electron chi connectivity index (χ0n) is 8.35. The van der Waals surface area contributed by atoms with Crippen molar-refractivity contribution >= 4 is 5.91 Å². The summed E-state index contributed by atoms with van der Waals surface area (Å²) >= 11 is 0. The number of nitrogens with one attached hydrogen (secondary N) is 1. The average molecular weight is 209 g/mol. The monoisotopic (exact) mass is 209 g/mol. The quantitative estimate of drug-likeness (QED) is 0.360. The Morgan fingerprint density at radius 3 is 2.53 bits per heavy atom. The van der Waals surface area contributed by atoms with Crippen LogP contribution in [0.5, 0.6) is 0 Å². The number of epoxide rings is 1. The van der Waals surface area contributed by atoms with Gasteiger partial charge in [0.15, 0.2) is 0 Å². The number of carbonyl (C=O) groups is 1. The van der Waals surface area contributed by atoms with Gasteiger partial charge in [-0.15, -0.1) is 0 Å². The second-order valence-electron chi connectivity index (χ2n) is 3.03. The molecule has 1 unspecified atom stereocenters. The summed E-state index contributed by atoms with van der Waals surface area (Å²) in [5, 5.41) is 2.80. The summed E-state index contributed by atoms with van der Waals surface area (Å²) in [7, 11) is 0. The summed E-state index contributed by atoms with van der Waals surface area (Å²) in [6, 6.07) is 9.18. The van der Waals surface area contributed by atoms with Crippen molar-refractivity contribution in [2.24, 2.45) is 11.7 Å². The van der Waals surface area contributed by atoms with Gasteiger partial charge in [0.25, 0.3) is 5.91 Å². The highest BCUT2D eigenvalue weighted by Gasteiger charge is 2.22. The molecule has 5 N–H and O–H groups in total. The molecule has 0 aliphatic carbocycles. The Morgan fingerprint density at radius 2 is 2.00 bits per heavy atom. The molecule has 0 bridgehead atoms. The molecule has 1 atom stereocenters. The molecule has 1 aromatic carbocycles. The van der Waals surface area contributed by atoms with Crippen LogP contribution in [-0.4, -0.2) is 25.2 Å². The van der Waals surface area contributed by atoms with Crippen molar-refractivity contribution in [3.05, 3.63) is 35.9 Å². The van der Waals surface area contributed by atoms with E-state index >= 15 is 0 Å². The third-order valence-electron chi connectivity index (χ3n) is 1.93. The van der Waals surface area contributed by atoms with Gasteiger partial charge < -0.3 is 10.1 Å². The van der Waals surface area contributed by atoms with Crippen molar-refractivity contribution in [3.8, 4) is 0 Å². The van der Waals surface area contributed by atoms with Gasteiger partial charge in [-0.05, 0) is 12.1 Å². The summed E-state index contributed by atoms with van der Waals surface area (Å²) in [6.45, 7) is 1.39. The van der Waals surface area contributed by atoms with Gasteiger partial charge in [0.1, 0.15) is 0 Å². The molecule has 1 saturated heterocycles. The van der Waals surface area contributed by atoms with E-state index in [4.69, 9.17) is 4.74 Å². The Morgan fingerprint density at radius 1 is 1.40 bits per heavy atom. The van der Waals surface area contributed by atoms with Gasteiger partial charge in [-0.2, -0.15) is 0 Å². The summed E-state index contributed by atoms with van der Waals surface area (Å²) in [5.74, 6) is 7.97. The molecule has 1 amide bonds. The number of rotatable bonds is 3. The summed E-state index contributed by atoms with van der Waals surface area (Å²) in [4.78, 5) is 11.4. The Labute approximate surface area is 88.4 Å². The summed E-state index contributed by atoms with van der Waals surface area (Å²) < 4.78 is 4.98. The Balaban J connectivity index is 0.000000531. The van der Waals surface area contributed by atoms with Crippen molar-refractivity contribution < 1.29 is 9.53 Å². The molecule has 1 heterocycles. The van der Waals surface area contributed by atoms with Gasteiger partial charge in [-0.3, -0.25) is 16.5 Å². The average Bonchev–Trinajstić information content (AvgIpc) is 3.14. The number of amides is 1. The van der Waals surface area contributed by atoms with E-state index < -0.39 is 0 Å². The minimum absolute atomic E-state index is 0.0314. The molecule has 0 spiro atoms. The van der Waals surface area contributed by atoms with Gasteiger partial charge in [0, 0.05) is 12.1 Å². The first kappa shape index (κ1) is 11.6. The zero-order valence-corrected chi connectivity index (χ0v) is 8.35. The van der Waals surface area contributed by atoms with Crippen LogP contribution < -0.4 is 17.0 Å². The third-order valence-corrected chi connectivity index (χ3v) is 1.93. The van der Waals surface area contributed by atoms with Crippen molar-refractivity contribution in [2.45, 2.75) is 6.10 Å². The molecule has 0 aromatic heterocycles. The molecule has 1 aliphatic heterocycles. The van der Waals surface area contributed by atoms with Gasteiger partial charge in [0.05, 0.1) is 12.7 Å². The first-order valence-electron chi connectivity index (χ1n) is 4.64. The number of carbonyl (C=O) groups excluding carboxylic acids is 1. The van der Waals surface area contributed by atoms with Crippen LogP contribution in [-0.2, 0) is 4.74 Å². The minimum atomic E-state index is -0.0314. The minimum Gasteiger partial charge on any atom is -0.371 e. The van der Waals surface area contributed by atoms with Crippen LogP contribution in [0.2, 0.25) is 0 Å². The summed E-state index contributed by atoms with van der Waals surface area (Å²) in [5.41, 5.74) is 0.697. The number of nitrogens with two attached hydrogens (primary N) is 2. The van der Waals surface area contributed by atoms with Crippen molar-refractivity contribution in [1.82, 2.24) is 5.32 Å². The fourth-order valence-corrected chi connectivity index (χ4v) is 1.08. The highest BCUT2D eigenvalue weighted by atomic mass is 16.6. The van der Waals surface area contributed by atoms with Crippen molar-refractivity contribution in [2.75, 3.05) is 13.2 Å². The zero-order chi connectivity index (χ0) is 11.1. The van der Waals surface area contributed by atoms with Crippen LogP contribution in [0.4, 0.5) is 0 Å². The highest BCUT2D eigenvalue weighted by Crippen LogP contribution is 2.06. The molecule has 5 nitrogen and oxygen atoms in total. The second kappa shape index (κ2) is 6.13. The standard InChI is InChI=1S/C10H11NO2.H4N2/c12-10(11-6-9-7-13-9)8-4-2-1-3-5-8;1-2/h1-5,9H,6-7H2,(H,11,12);1-2H2. The molecule has 2 rings (SSSR count). The van der Waals surface area contributed by atoms with Crippen LogP contribution in [0.1, 0.15) is 10.4 Å². The number of benzene rings is 1. The molecule has 1 aromatic rings. The maximum absolute atomic E-state index is 11.4. The maximum atomic E-state index is 11.4. The second-order valence-corrected chi connectivity index (χ2v) is 3.03. The van der Waals surface area contributed by atoms with Crippen molar-refractivity contribution in [3.63, 3.8) is 0 Å². The lowest BCUT2D eigenvalue weighted by Crippen LogP contribution is -2.27. The molecule has 1 fully saturated rings. The normalized spacial score (nSPS) is 17.3. The van der Waals surface area contributed by atoms with E-state index in [0.717, 1.165) is 6.61 Å². The molecular weight excluding hydrogens is 194 g/mol. The lowest BCUT2D eigenvalue weighted by molar-refractivity contribution is 0.0950. The van der Waals surface area contributed by atoms with Crippen LogP contribution in [0.3, 0.4) is 0 Å². The predicted octanol–water partition coefficient (Wildman–Crippen LogP) is -0.366. The van der Waals surface area contributed by atoms with Gasteiger partial charge in [-0.25, -0.2) is 0 Å². The van der Waals surface area contributed by atoms with E-state index in [-0.39, 0.29) is 12.0 Å². The van der Waals surface area contributed by atoms with Gasteiger partial charge in [-0.1, -0.05) is 18.2 Å². The lowest BCUT2D eigenvalue weighted by Gasteiger charge is -2.01. The van der Waals surface area contributed by atoms with Crippen molar-refractivity contribution in [1.29, 1.82) is 0 Å². The SMILES string of the molecule is NN.O=C(NCC1CO1)c1ccccc1. The molecule has 0 saturated carbocycles. The van der Waals surface area contributed by atoms with Crippen LogP contribution in [0, 0.1) is 0 Å².